The van der Waals surface area contributed by atoms with Crippen LogP contribution in [0.1, 0.15) is 17.0 Å². The molecule has 1 N–H and O–H groups in total. The van der Waals surface area contributed by atoms with E-state index in [1.165, 1.54) is 18.2 Å². The van der Waals surface area contributed by atoms with E-state index in [9.17, 15) is 8.42 Å². The second-order valence-corrected chi connectivity index (χ2v) is 5.53. The maximum atomic E-state index is 12.0. The minimum Gasteiger partial charge on any atom is -0.343 e. The normalized spacial score (nSPS) is 11.2. The van der Waals surface area contributed by atoms with Gasteiger partial charge in [-0.25, -0.2) is 13.1 Å². The predicted octanol–water partition coefficient (Wildman–Crippen LogP) is 0.728. The van der Waals surface area contributed by atoms with E-state index in [1.807, 2.05) is 6.07 Å². The lowest BCUT2D eigenvalue weighted by atomic mass is 10.1. The number of rotatable bonds is 4. The van der Waals surface area contributed by atoms with Crippen LogP contribution in [0.3, 0.4) is 0 Å². The predicted molar refractivity (Wildman–Crippen MR) is 64.2 cm³/mol. The van der Waals surface area contributed by atoms with Crippen LogP contribution in [0, 0.1) is 18.3 Å². The molecule has 0 saturated heterocycles. The van der Waals surface area contributed by atoms with Crippen LogP contribution in [-0.2, 0) is 16.6 Å². The quantitative estimate of drug-likeness (QED) is 0.882. The molecule has 98 valence electrons. The van der Waals surface area contributed by atoms with E-state index < -0.39 is 10.0 Å². The molecule has 8 heteroatoms. The molecule has 0 amide bonds. The zero-order valence-electron chi connectivity index (χ0n) is 9.99. The Kier molecular flexibility index (Phi) is 3.59. The van der Waals surface area contributed by atoms with Crippen LogP contribution >= 0.6 is 0 Å². The number of benzene rings is 1. The Morgan fingerprint density at radius 3 is 2.84 bits per heavy atom. The Morgan fingerprint density at radius 2 is 2.26 bits per heavy atom. The Hall–Kier alpha value is -2.24. The van der Waals surface area contributed by atoms with Crippen LogP contribution in [-0.4, -0.2) is 18.6 Å². The maximum absolute atomic E-state index is 12.0. The van der Waals surface area contributed by atoms with Crippen molar-refractivity contribution in [2.45, 2.75) is 18.4 Å². The van der Waals surface area contributed by atoms with Gasteiger partial charge in [0.25, 0.3) is 0 Å². The molecule has 0 saturated carbocycles. The van der Waals surface area contributed by atoms with Crippen molar-refractivity contribution in [2.24, 2.45) is 0 Å². The third kappa shape index (κ3) is 2.96. The Bertz CT molecular complexity index is 717. The molecule has 0 atom stereocenters. The van der Waals surface area contributed by atoms with Gasteiger partial charge >= 0.3 is 0 Å². The number of hydrogen-bond acceptors (Lipinski definition) is 6. The van der Waals surface area contributed by atoms with Crippen molar-refractivity contribution in [1.29, 1.82) is 5.26 Å². The van der Waals surface area contributed by atoms with E-state index in [2.05, 4.69) is 19.4 Å². The molecule has 0 fully saturated rings. The monoisotopic (exact) mass is 278 g/mol. The van der Waals surface area contributed by atoms with Crippen LogP contribution in [0.4, 0.5) is 0 Å². The van der Waals surface area contributed by atoms with E-state index in [-0.39, 0.29) is 17.3 Å². The zero-order chi connectivity index (χ0) is 13.9. The molecule has 0 aliphatic carbocycles. The fourth-order valence-corrected chi connectivity index (χ4v) is 2.51. The van der Waals surface area contributed by atoms with Crippen molar-refractivity contribution < 1.29 is 12.9 Å². The van der Waals surface area contributed by atoms with Gasteiger partial charge < -0.3 is 4.52 Å². The van der Waals surface area contributed by atoms with Gasteiger partial charge in [0.1, 0.15) is 0 Å². The van der Waals surface area contributed by atoms with E-state index in [4.69, 9.17) is 5.26 Å². The van der Waals surface area contributed by atoms with Gasteiger partial charge in [0.15, 0.2) is 5.82 Å². The van der Waals surface area contributed by atoms with Gasteiger partial charge in [-0.05, 0) is 30.7 Å². The van der Waals surface area contributed by atoms with E-state index in [0.29, 0.717) is 11.1 Å². The van der Waals surface area contributed by atoms with Crippen LogP contribution in [0.5, 0.6) is 0 Å². The minimum atomic E-state index is -3.66. The highest BCUT2D eigenvalue weighted by Crippen LogP contribution is 2.14. The summed E-state index contributed by atoms with van der Waals surface area (Å²) in [5, 5.41) is 12.3. The topological polar surface area (TPSA) is 109 Å². The lowest BCUT2D eigenvalue weighted by molar-refractivity contribution is 0.409. The highest BCUT2D eigenvalue weighted by Gasteiger charge is 2.15. The molecule has 2 aromatic rings. The van der Waals surface area contributed by atoms with Crippen molar-refractivity contribution >= 4 is 10.0 Å². The third-order valence-electron chi connectivity index (χ3n) is 2.46. The van der Waals surface area contributed by atoms with Gasteiger partial charge in [0.05, 0.1) is 23.1 Å². The SMILES string of the molecule is Cc1cc(S(=O)(=O)NCc2ncon2)ccc1C#N. The van der Waals surface area contributed by atoms with E-state index in [1.54, 1.807) is 6.92 Å². The van der Waals surface area contributed by atoms with Crippen molar-refractivity contribution in [3.05, 3.63) is 41.5 Å². The first-order valence-corrected chi connectivity index (χ1v) is 6.77. The summed E-state index contributed by atoms with van der Waals surface area (Å²) in [5.41, 5.74) is 1.04. The van der Waals surface area contributed by atoms with Gasteiger partial charge in [0.2, 0.25) is 16.4 Å². The summed E-state index contributed by atoms with van der Waals surface area (Å²) in [4.78, 5) is 3.80. The lowest BCUT2D eigenvalue weighted by Gasteiger charge is -2.06. The molecule has 1 aromatic carbocycles. The van der Waals surface area contributed by atoms with Crippen molar-refractivity contribution in [1.82, 2.24) is 14.9 Å². The average molecular weight is 278 g/mol. The van der Waals surface area contributed by atoms with Gasteiger partial charge in [-0.3, -0.25) is 0 Å². The average Bonchev–Trinajstić information content (AvgIpc) is 2.89. The first kappa shape index (κ1) is 13.2. The van der Waals surface area contributed by atoms with Gasteiger partial charge in [-0.15, -0.1) is 0 Å². The fraction of sp³-hybridized carbons (Fsp3) is 0.182. The van der Waals surface area contributed by atoms with Gasteiger partial charge in [-0.2, -0.15) is 10.2 Å². The Balaban J connectivity index is 2.20. The lowest BCUT2D eigenvalue weighted by Crippen LogP contribution is -2.23. The molecule has 1 aromatic heterocycles. The van der Waals surface area contributed by atoms with Crippen LogP contribution in [0.15, 0.2) is 34.0 Å². The van der Waals surface area contributed by atoms with Gasteiger partial charge in [-0.1, -0.05) is 5.16 Å². The summed E-state index contributed by atoms with van der Waals surface area (Å²) in [6.45, 7) is 1.62. The molecule has 1 heterocycles. The molecule has 0 aliphatic rings. The van der Waals surface area contributed by atoms with Crippen molar-refractivity contribution in [3.63, 3.8) is 0 Å². The summed E-state index contributed by atoms with van der Waals surface area (Å²) in [7, 11) is -3.66. The van der Waals surface area contributed by atoms with Crippen LogP contribution in [0.25, 0.3) is 0 Å². The maximum Gasteiger partial charge on any atom is 0.240 e. The van der Waals surface area contributed by atoms with E-state index >= 15 is 0 Å². The third-order valence-corrected chi connectivity index (χ3v) is 3.85. The largest absolute Gasteiger partial charge is 0.343 e. The molecule has 0 unspecified atom stereocenters. The highest BCUT2D eigenvalue weighted by atomic mass is 32.2. The van der Waals surface area contributed by atoms with Crippen molar-refractivity contribution in [3.8, 4) is 6.07 Å². The number of aromatic nitrogens is 2. The molecular formula is C11H10N4O3S. The Morgan fingerprint density at radius 1 is 1.47 bits per heavy atom. The summed E-state index contributed by atoms with van der Waals surface area (Å²) in [6.07, 6.45) is 1.12. The number of nitriles is 1. The van der Waals surface area contributed by atoms with Gasteiger partial charge in [0, 0.05) is 0 Å². The summed E-state index contributed by atoms with van der Waals surface area (Å²) >= 11 is 0. The number of nitrogens with zero attached hydrogens (tertiary/aromatic N) is 3. The molecular weight excluding hydrogens is 268 g/mol. The number of nitrogens with one attached hydrogen (secondary N) is 1. The molecule has 0 bridgehead atoms. The molecule has 7 nitrogen and oxygen atoms in total. The second-order valence-electron chi connectivity index (χ2n) is 3.76. The fourth-order valence-electron chi connectivity index (χ4n) is 1.44. The number of hydrogen-bond donors (Lipinski definition) is 1. The zero-order valence-corrected chi connectivity index (χ0v) is 10.8. The smallest absolute Gasteiger partial charge is 0.240 e. The molecule has 0 spiro atoms. The molecule has 2 rings (SSSR count). The van der Waals surface area contributed by atoms with E-state index in [0.717, 1.165) is 6.39 Å². The summed E-state index contributed by atoms with van der Waals surface area (Å²) < 4.78 is 30.8. The van der Waals surface area contributed by atoms with Crippen LogP contribution in [0.2, 0.25) is 0 Å². The van der Waals surface area contributed by atoms with Crippen LogP contribution < -0.4 is 4.72 Å². The first-order chi connectivity index (χ1) is 9.03. The van der Waals surface area contributed by atoms with Crippen molar-refractivity contribution in [2.75, 3.05) is 0 Å². The molecule has 19 heavy (non-hydrogen) atoms. The highest BCUT2D eigenvalue weighted by molar-refractivity contribution is 7.89. The number of aryl methyl sites for hydroxylation is 1. The second kappa shape index (κ2) is 5.17. The molecule has 0 radical (unpaired) electrons. The minimum absolute atomic E-state index is 0.0577. The summed E-state index contributed by atoms with van der Waals surface area (Å²) in [6, 6.07) is 6.27. The summed E-state index contributed by atoms with van der Waals surface area (Å²) in [5.74, 6) is 0.244. The first-order valence-electron chi connectivity index (χ1n) is 5.28. The molecule has 0 aliphatic heterocycles. The number of sulfonamides is 1. The standard InChI is InChI=1S/C11H10N4O3S/c1-8-4-10(3-2-9(8)5-12)19(16,17)14-6-11-13-7-18-15-11/h2-4,7,14H,6H2,1H3. The Labute approximate surface area is 109 Å².